The average Bonchev–Trinajstić information content (AvgIpc) is 3.14. The van der Waals surface area contributed by atoms with Gasteiger partial charge in [0.05, 0.1) is 5.92 Å². The molecular weight excluding hydrogens is 386 g/mol. The average molecular weight is 424 g/mol. The number of hydrogen-bond donors (Lipinski definition) is 0. The second-order valence-electron chi connectivity index (χ2n) is 8.49. The molecule has 0 saturated heterocycles. The highest BCUT2D eigenvalue weighted by Crippen LogP contribution is 2.42. The summed E-state index contributed by atoms with van der Waals surface area (Å²) in [6.45, 7) is 14.2. The fraction of sp³-hybridized carbons (Fsp3) is 0.519. The zero-order valence-corrected chi connectivity index (χ0v) is 19.7. The number of benzene rings is 2. The van der Waals surface area contributed by atoms with E-state index in [1.54, 1.807) is 0 Å². The van der Waals surface area contributed by atoms with Crippen LogP contribution >= 0.6 is 0 Å². The molecule has 2 atom stereocenters. The Kier molecular flexibility index (Phi) is 8.14. The molecule has 2 aromatic carbocycles. The molecule has 2 unspecified atom stereocenters. The maximum absolute atomic E-state index is 13.7. The lowest BCUT2D eigenvalue weighted by Gasteiger charge is -2.21. The summed E-state index contributed by atoms with van der Waals surface area (Å²) in [4.78, 5) is 16.0. The molecule has 0 bridgehead atoms. The number of para-hydroxylation sites is 1. The minimum Gasteiger partial charge on any atom is -0.492 e. The van der Waals surface area contributed by atoms with Gasteiger partial charge in [0, 0.05) is 17.7 Å². The molecule has 0 N–H and O–H groups in total. The molecule has 0 fully saturated rings. The number of ketones is 1. The van der Waals surface area contributed by atoms with E-state index in [-0.39, 0.29) is 17.8 Å². The molecule has 31 heavy (non-hydrogen) atoms. The van der Waals surface area contributed by atoms with Gasteiger partial charge in [-0.2, -0.15) is 0 Å². The van der Waals surface area contributed by atoms with E-state index in [9.17, 15) is 4.79 Å². The van der Waals surface area contributed by atoms with Crippen LogP contribution in [0.3, 0.4) is 0 Å². The van der Waals surface area contributed by atoms with Gasteiger partial charge in [-0.25, -0.2) is 0 Å². The van der Waals surface area contributed by atoms with E-state index in [4.69, 9.17) is 9.47 Å². The number of ether oxygens (including phenoxy) is 2. The van der Waals surface area contributed by atoms with Gasteiger partial charge < -0.3 is 14.4 Å². The molecule has 4 heteroatoms. The van der Waals surface area contributed by atoms with Gasteiger partial charge in [-0.15, -0.1) is 0 Å². The summed E-state index contributed by atoms with van der Waals surface area (Å²) in [5.74, 6) is 1.66. The highest BCUT2D eigenvalue weighted by molar-refractivity contribution is 6.02. The number of carbonyl (C=O) groups is 1. The van der Waals surface area contributed by atoms with Gasteiger partial charge in [-0.1, -0.05) is 51.8 Å². The van der Waals surface area contributed by atoms with Crippen LogP contribution in [0.25, 0.3) is 0 Å². The van der Waals surface area contributed by atoms with Crippen LogP contribution in [-0.2, 0) is 0 Å². The second-order valence-corrected chi connectivity index (χ2v) is 8.49. The molecule has 3 rings (SSSR count). The molecule has 0 aromatic heterocycles. The third-order valence-corrected chi connectivity index (χ3v) is 6.32. The van der Waals surface area contributed by atoms with Crippen LogP contribution in [0.2, 0.25) is 0 Å². The van der Waals surface area contributed by atoms with Crippen molar-refractivity contribution >= 4 is 5.78 Å². The van der Waals surface area contributed by atoms with Crippen molar-refractivity contribution in [3.8, 4) is 11.5 Å². The van der Waals surface area contributed by atoms with E-state index in [2.05, 4.69) is 25.7 Å². The number of fused-ring (bicyclic) bond motifs is 1. The van der Waals surface area contributed by atoms with Crippen molar-refractivity contribution in [2.45, 2.75) is 65.9 Å². The Balaban J connectivity index is 1.80. The number of likely N-dealkylation sites (N-methyl/N-ethyl adjacent to an activating group) is 1. The lowest BCUT2D eigenvalue weighted by molar-refractivity contribution is 0.0886. The molecule has 4 nitrogen and oxygen atoms in total. The lowest BCUT2D eigenvalue weighted by Crippen LogP contribution is -2.28. The van der Waals surface area contributed by atoms with Crippen LogP contribution in [0, 0.1) is 13.8 Å². The molecule has 0 aliphatic carbocycles. The predicted molar refractivity (Wildman–Crippen MR) is 127 cm³/mol. The van der Waals surface area contributed by atoms with E-state index >= 15 is 0 Å². The number of Topliss-reactive ketones (excluding diaryl/α,β-unsaturated/α-hetero) is 1. The van der Waals surface area contributed by atoms with Crippen LogP contribution in [0.1, 0.15) is 73.0 Å². The van der Waals surface area contributed by atoms with Crippen LogP contribution < -0.4 is 9.47 Å². The summed E-state index contributed by atoms with van der Waals surface area (Å²) in [6, 6.07) is 12.0. The smallest absolute Gasteiger partial charge is 0.174 e. The minimum absolute atomic E-state index is 0.0875. The van der Waals surface area contributed by atoms with Gasteiger partial charge in [0.1, 0.15) is 24.2 Å². The fourth-order valence-corrected chi connectivity index (χ4v) is 4.53. The second kappa shape index (κ2) is 10.8. The summed E-state index contributed by atoms with van der Waals surface area (Å²) in [6.07, 6.45) is 2.95. The lowest BCUT2D eigenvalue weighted by atomic mass is 9.85. The minimum atomic E-state index is -0.240. The van der Waals surface area contributed by atoms with E-state index in [1.807, 2.05) is 50.2 Å². The molecule has 0 saturated carbocycles. The third kappa shape index (κ3) is 5.30. The van der Waals surface area contributed by atoms with Gasteiger partial charge >= 0.3 is 0 Å². The molecule has 168 valence electrons. The maximum Gasteiger partial charge on any atom is 0.174 e. The van der Waals surface area contributed by atoms with Crippen molar-refractivity contribution in [3.63, 3.8) is 0 Å². The highest BCUT2D eigenvalue weighted by atomic mass is 16.5. The first-order valence-electron chi connectivity index (χ1n) is 11.8. The molecule has 1 aliphatic heterocycles. The Morgan fingerprint density at radius 3 is 2.39 bits per heavy atom. The van der Waals surface area contributed by atoms with Crippen molar-refractivity contribution < 1.29 is 14.3 Å². The Labute approximate surface area is 187 Å². The van der Waals surface area contributed by atoms with Gasteiger partial charge in [-0.3, -0.25) is 4.79 Å². The van der Waals surface area contributed by atoms with Crippen molar-refractivity contribution in [1.82, 2.24) is 4.90 Å². The van der Waals surface area contributed by atoms with Crippen molar-refractivity contribution in [3.05, 3.63) is 58.7 Å². The van der Waals surface area contributed by atoms with Crippen molar-refractivity contribution in [2.24, 2.45) is 0 Å². The zero-order chi connectivity index (χ0) is 22.4. The monoisotopic (exact) mass is 423 g/mol. The normalized spacial score (nSPS) is 17.5. The molecule has 2 aromatic rings. The van der Waals surface area contributed by atoms with Crippen LogP contribution in [0.15, 0.2) is 36.4 Å². The Morgan fingerprint density at radius 1 is 1.06 bits per heavy atom. The largest absolute Gasteiger partial charge is 0.492 e. The van der Waals surface area contributed by atoms with E-state index in [0.717, 1.165) is 72.6 Å². The Bertz CT molecular complexity index is 865. The molecular formula is C27H37NO3. The first-order valence-corrected chi connectivity index (χ1v) is 11.8. The van der Waals surface area contributed by atoms with Crippen molar-refractivity contribution in [1.29, 1.82) is 0 Å². The quantitative estimate of drug-likeness (QED) is 0.419. The maximum atomic E-state index is 13.7. The van der Waals surface area contributed by atoms with E-state index in [0.29, 0.717) is 6.61 Å². The molecule has 0 spiro atoms. The van der Waals surface area contributed by atoms with E-state index < -0.39 is 0 Å². The standard InChI is InChI=1S/C27H37NO3/c1-6-9-13-24-25(22-12-10-11-14-23(22)31-24)26(29)21-17-19(4)27(20(5)18-21)30-16-15-28(7-2)8-3/h10-12,14,17-18,24-25H,6-9,13,15-16H2,1-5H3. The zero-order valence-electron chi connectivity index (χ0n) is 19.7. The topological polar surface area (TPSA) is 38.8 Å². The van der Waals surface area contributed by atoms with Crippen LogP contribution in [-0.4, -0.2) is 43.0 Å². The number of rotatable bonds is 11. The number of unbranched alkanes of at least 4 members (excludes halogenated alkanes) is 1. The summed E-state index contributed by atoms with van der Waals surface area (Å²) < 4.78 is 12.3. The van der Waals surface area contributed by atoms with Gasteiger partial charge in [-0.05, 0) is 62.7 Å². The van der Waals surface area contributed by atoms with E-state index in [1.165, 1.54) is 0 Å². The predicted octanol–water partition coefficient (Wildman–Crippen LogP) is 5.94. The molecule has 1 heterocycles. The summed E-state index contributed by atoms with van der Waals surface area (Å²) in [7, 11) is 0. The van der Waals surface area contributed by atoms with Crippen LogP contribution in [0.4, 0.5) is 0 Å². The highest BCUT2D eigenvalue weighted by Gasteiger charge is 2.39. The first-order chi connectivity index (χ1) is 15.0. The SMILES string of the molecule is CCCCC1Oc2ccccc2C1C(=O)c1cc(C)c(OCCN(CC)CC)c(C)c1. The number of hydrogen-bond acceptors (Lipinski definition) is 4. The van der Waals surface area contributed by atoms with Crippen molar-refractivity contribution in [2.75, 3.05) is 26.2 Å². The van der Waals surface area contributed by atoms with Crippen LogP contribution in [0.5, 0.6) is 11.5 Å². The summed E-state index contributed by atoms with van der Waals surface area (Å²) in [5, 5.41) is 0. The van der Waals surface area contributed by atoms with Gasteiger partial charge in [0.25, 0.3) is 0 Å². The third-order valence-electron chi connectivity index (χ3n) is 6.32. The Morgan fingerprint density at radius 2 is 1.74 bits per heavy atom. The number of nitrogens with zero attached hydrogens (tertiary/aromatic N) is 1. The number of carbonyl (C=O) groups excluding carboxylic acids is 1. The summed E-state index contributed by atoms with van der Waals surface area (Å²) in [5.41, 5.74) is 3.79. The van der Waals surface area contributed by atoms with Gasteiger partial charge in [0.2, 0.25) is 0 Å². The van der Waals surface area contributed by atoms with Gasteiger partial charge in [0.15, 0.2) is 5.78 Å². The fourth-order valence-electron chi connectivity index (χ4n) is 4.53. The number of aryl methyl sites for hydroxylation is 2. The molecule has 0 amide bonds. The molecule has 1 aliphatic rings. The summed E-state index contributed by atoms with van der Waals surface area (Å²) >= 11 is 0. The molecule has 0 radical (unpaired) electrons. The Hall–Kier alpha value is -2.33. The first kappa shape index (κ1) is 23.3.